The average Bonchev–Trinajstić information content (AvgIpc) is 2.58. The van der Waals surface area contributed by atoms with Gasteiger partial charge in [-0.1, -0.05) is 13.8 Å². The summed E-state index contributed by atoms with van der Waals surface area (Å²) >= 11 is 0. The van der Waals surface area contributed by atoms with Gasteiger partial charge in [0.15, 0.2) is 0 Å². The Bertz CT molecular complexity index is 424. The minimum Gasteiger partial charge on any atom is -0.382 e. The van der Waals surface area contributed by atoms with Crippen molar-refractivity contribution in [1.82, 2.24) is 14.7 Å². The normalized spacial score (nSPS) is 19.6. The predicted octanol–water partition coefficient (Wildman–Crippen LogP) is 1.50. The van der Waals surface area contributed by atoms with Gasteiger partial charge in [0.1, 0.15) is 12.4 Å². The Hall–Kier alpha value is -1.52. The van der Waals surface area contributed by atoms with Crippen LogP contribution in [0.4, 0.5) is 5.82 Å². The van der Waals surface area contributed by atoms with Crippen LogP contribution in [0.25, 0.3) is 0 Å². The lowest BCUT2D eigenvalue weighted by atomic mass is 9.85. The molecule has 0 aliphatic carbocycles. The second-order valence-corrected chi connectivity index (χ2v) is 5.84. The predicted molar refractivity (Wildman–Crippen MR) is 70.9 cm³/mol. The second-order valence-electron chi connectivity index (χ2n) is 5.84. The maximum atomic E-state index is 12.2. The first kappa shape index (κ1) is 12.9. The number of anilines is 1. The summed E-state index contributed by atoms with van der Waals surface area (Å²) in [4.78, 5) is 14.1. The number of carbonyl (C=O) groups is 1. The Kier molecular flexibility index (Phi) is 3.59. The number of rotatable bonds is 2. The van der Waals surface area contributed by atoms with Crippen molar-refractivity contribution >= 4 is 11.7 Å². The van der Waals surface area contributed by atoms with E-state index < -0.39 is 0 Å². The van der Waals surface area contributed by atoms with E-state index in [-0.39, 0.29) is 12.5 Å². The summed E-state index contributed by atoms with van der Waals surface area (Å²) in [6.07, 6.45) is 5.08. The molecule has 0 unspecified atom stereocenters. The number of likely N-dealkylation sites (tertiary alicyclic amines) is 1. The maximum absolute atomic E-state index is 12.2. The summed E-state index contributed by atoms with van der Waals surface area (Å²) < 4.78 is 1.60. The number of aromatic nitrogens is 2. The van der Waals surface area contributed by atoms with Crippen molar-refractivity contribution in [3.8, 4) is 0 Å². The summed E-state index contributed by atoms with van der Waals surface area (Å²) in [6.45, 7) is 6.55. The Morgan fingerprint density at radius 1 is 1.44 bits per heavy atom. The van der Waals surface area contributed by atoms with Gasteiger partial charge >= 0.3 is 0 Å². The first-order chi connectivity index (χ1) is 8.46. The summed E-state index contributed by atoms with van der Waals surface area (Å²) in [5.74, 6) is 0.593. The molecule has 0 atom stereocenters. The highest BCUT2D eigenvalue weighted by Gasteiger charge is 2.25. The Labute approximate surface area is 108 Å². The van der Waals surface area contributed by atoms with Crippen LogP contribution >= 0.6 is 0 Å². The van der Waals surface area contributed by atoms with Gasteiger partial charge in [-0.05, 0) is 30.7 Å². The third-order valence-electron chi connectivity index (χ3n) is 3.65. The van der Waals surface area contributed by atoms with Crippen molar-refractivity contribution in [1.29, 1.82) is 0 Å². The number of amides is 1. The molecule has 18 heavy (non-hydrogen) atoms. The molecule has 1 saturated heterocycles. The van der Waals surface area contributed by atoms with Crippen LogP contribution in [0.5, 0.6) is 0 Å². The lowest BCUT2D eigenvalue weighted by Crippen LogP contribution is -2.35. The highest BCUT2D eigenvalue weighted by molar-refractivity contribution is 5.76. The number of hydrogen-bond acceptors (Lipinski definition) is 3. The molecule has 0 spiro atoms. The summed E-state index contributed by atoms with van der Waals surface area (Å²) in [7, 11) is 0. The number of nitrogens with zero attached hydrogens (tertiary/aromatic N) is 3. The van der Waals surface area contributed by atoms with Crippen molar-refractivity contribution in [2.75, 3.05) is 18.8 Å². The van der Waals surface area contributed by atoms with Crippen molar-refractivity contribution in [2.24, 2.45) is 5.41 Å². The molecule has 1 aromatic rings. The van der Waals surface area contributed by atoms with E-state index in [0.29, 0.717) is 11.2 Å². The van der Waals surface area contributed by atoms with Crippen LogP contribution in [0.1, 0.15) is 33.1 Å². The van der Waals surface area contributed by atoms with Gasteiger partial charge in [0, 0.05) is 19.3 Å². The zero-order valence-corrected chi connectivity index (χ0v) is 11.2. The Morgan fingerprint density at radius 2 is 2.22 bits per heavy atom. The van der Waals surface area contributed by atoms with Crippen molar-refractivity contribution in [2.45, 2.75) is 39.7 Å². The molecule has 2 N–H and O–H groups in total. The second kappa shape index (κ2) is 5.00. The molecule has 5 heteroatoms. The number of nitrogens with two attached hydrogens (primary N) is 1. The standard InChI is InChI=1S/C13H22N4O/c1-13(2)5-3-7-16(9-6-13)12(18)10-17-8-4-11(14)15-17/h4,8H,3,5-7,9-10H2,1-2H3,(H2,14,15). The molecule has 1 aromatic heterocycles. The molecular formula is C13H22N4O. The van der Waals surface area contributed by atoms with E-state index in [1.165, 1.54) is 6.42 Å². The molecule has 0 saturated carbocycles. The van der Waals surface area contributed by atoms with E-state index >= 15 is 0 Å². The van der Waals surface area contributed by atoms with Gasteiger partial charge in [0.25, 0.3) is 0 Å². The first-order valence-corrected chi connectivity index (χ1v) is 6.53. The largest absolute Gasteiger partial charge is 0.382 e. The fraction of sp³-hybridized carbons (Fsp3) is 0.692. The van der Waals surface area contributed by atoms with Crippen molar-refractivity contribution in [3.05, 3.63) is 12.3 Å². The minimum atomic E-state index is 0.135. The van der Waals surface area contributed by atoms with E-state index in [2.05, 4.69) is 18.9 Å². The molecule has 100 valence electrons. The van der Waals surface area contributed by atoms with Crippen LogP contribution in [-0.4, -0.2) is 33.7 Å². The minimum absolute atomic E-state index is 0.135. The topological polar surface area (TPSA) is 64.2 Å². The molecule has 1 fully saturated rings. The van der Waals surface area contributed by atoms with Crippen LogP contribution in [0.2, 0.25) is 0 Å². The fourth-order valence-corrected chi connectivity index (χ4v) is 2.38. The van der Waals surface area contributed by atoms with E-state index in [0.717, 1.165) is 25.9 Å². The third-order valence-corrected chi connectivity index (χ3v) is 3.65. The molecule has 1 amide bonds. The van der Waals surface area contributed by atoms with Crippen molar-refractivity contribution in [3.63, 3.8) is 0 Å². The first-order valence-electron chi connectivity index (χ1n) is 6.53. The summed E-state index contributed by atoms with van der Waals surface area (Å²) in [5.41, 5.74) is 5.89. The molecule has 2 rings (SSSR count). The zero-order valence-electron chi connectivity index (χ0n) is 11.2. The molecule has 1 aliphatic heterocycles. The average molecular weight is 250 g/mol. The van der Waals surface area contributed by atoms with Crippen LogP contribution < -0.4 is 5.73 Å². The molecule has 0 bridgehead atoms. The molecular weight excluding hydrogens is 228 g/mol. The molecule has 0 radical (unpaired) electrons. The van der Waals surface area contributed by atoms with E-state index in [1.54, 1.807) is 16.9 Å². The van der Waals surface area contributed by atoms with Crippen LogP contribution in [0.3, 0.4) is 0 Å². The molecule has 1 aliphatic rings. The fourth-order valence-electron chi connectivity index (χ4n) is 2.38. The molecule has 0 aromatic carbocycles. The lowest BCUT2D eigenvalue weighted by molar-refractivity contribution is -0.132. The quantitative estimate of drug-likeness (QED) is 0.865. The van der Waals surface area contributed by atoms with Gasteiger partial charge < -0.3 is 10.6 Å². The number of carbonyl (C=O) groups excluding carboxylic acids is 1. The Balaban J connectivity index is 1.93. The number of hydrogen-bond donors (Lipinski definition) is 1. The third kappa shape index (κ3) is 3.24. The van der Waals surface area contributed by atoms with Gasteiger partial charge in [-0.25, -0.2) is 0 Å². The Morgan fingerprint density at radius 3 is 2.89 bits per heavy atom. The van der Waals surface area contributed by atoms with E-state index in [4.69, 9.17) is 5.73 Å². The number of nitrogen functional groups attached to an aromatic ring is 1. The highest BCUT2D eigenvalue weighted by Crippen LogP contribution is 2.29. The van der Waals surface area contributed by atoms with Crippen LogP contribution in [0.15, 0.2) is 12.3 Å². The summed E-state index contributed by atoms with van der Waals surface area (Å²) in [5, 5.41) is 4.04. The van der Waals surface area contributed by atoms with Gasteiger partial charge in [0.2, 0.25) is 5.91 Å². The van der Waals surface area contributed by atoms with E-state index in [9.17, 15) is 4.79 Å². The van der Waals surface area contributed by atoms with Crippen LogP contribution in [-0.2, 0) is 11.3 Å². The summed E-state index contributed by atoms with van der Waals surface area (Å²) in [6, 6.07) is 1.71. The SMILES string of the molecule is CC1(C)CCCN(C(=O)Cn2ccc(N)n2)CC1. The monoisotopic (exact) mass is 250 g/mol. The molecule has 5 nitrogen and oxygen atoms in total. The van der Waals surface area contributed by atoms with Gasteiger partial charge in [-0.2, -0.15) is 5.10 Å². The highest BCUT2D eigenvalue weighted by atomic mass is 16.2. The smallest absolute Gasteiger partial charge is 0.244 e. The van der Waals surface area contributed by atoms with Crippen molar-refractivity contribution < 1.29 is 4.79 Å². The van der Waals surface area contributed by atoms with Gasteiger partial charge in [0.05, 0.1) is 0 Å². The maximum Gasteiger partial charge on any atom is 0.244 e. The lowest BCUT2D eigenvalue weighted by Gasteiger charge is -2.23. The van der Waals surface area contributed by atoms with Gasteiger partial charge in [-0.3, -0.25) is 9.48 Å². The molecule has 2 heterocycles. The zero-order chi connectivity index (χ0) is 13.2. The van der Waals surface area contributed by atoms with E-state index in [1.807, 2.05) is 4.90 Å². The van der Waals surface area contributed by atoms with Crippen LogP contribution in [0, 0.1) is 5.41 Å². The van der Waals surface area contributed by atoms with Gasteiger partial charge in [-0.15, -0.1) is 0 Å².